The predicted octanol–water partition coefficient (Wildman–Crippen LogP) is 3.83. The van der Waals surface area contributed by atoms with E-state index in [2.05, 4.69) is 17.4 Å². The first-order valence-electron chi connectivity index (χ1n) is 6.91. The number of benzene rings is 2. The maximum absolute atomic E-state index is 11.0. The van der Waals surface area contributed by atoms with Gasteiger partial charge in [0.05, 0.1) is 0 Å². The molecule has 3 nitrogen and oxygen atoms in total. The van der Waals surface area contributed by atoms with E-state index in [0.29, 0.717) is 0 Å². The Morgan fingerprint density at radius 2 is 1.71 bits per heavy atom. The lowest BCUT2D eigenvalue weighted by Crippen LogP contribution is -2.22. The molecule has 0 aliphatic heterocycles. The quantitative estimate of drug-likeness (QED) is 0.825. The molecule has 110 valence electrons. The Balaban J connectivity index is 2.12. The molecular formula is C17H20N2OS. The van der Waals surface area contributed by atoms with E-state index < -0.39 is 0 Å². The Kier molecular flexibility index (Phi) is 5.42. The number of hydrogen-bond donors (Lipinski definition) is 2. The van der Waals surface area contributed by atoms with Crippen LogP contribution < -0.4 is 11.1 Å². The van der Waals surface area contributed by atoms with Gasteiger partial charge in [0, 0.05) is 28.8 Å². The van der Waals surface area contributed by atoms with Crippen LogP contribution >= 0.6 is 11.8 Å². The molecule has 0 heterocycles. The van der Waals surface area contributed by atoms with Gasteiger partial charge in [-0.25, -0.2) is 0 Å². The Morgan fingerprint density at radius 3 is 2.24 bits per heavy atom. The molecule has 0 saturated carbocycles. The minimum absolute atomic E-state index is 0.0485. The second-order valence-corrected chi connectivity index (χ2v) is 6.23. The summed E-state index contributed by atoms with van der Waals surface area (Å²) in [4.78, 5) is 12.2. The van der Waals surface area contributed by atoms with Gasteiger partial charge in [0.25, 0.3) is 0 Å². The van der Waals surface area contributed by atoms with Gasteiger partial charge in [0.15, 0.2) is 0 Å². The summed E-state index contributed by atoms with van der Waals surface area (Å²) in [6, 6.07) is 18.2. The van der Waals surface area contributed by atoms with Crippen LogP contribution in [0.15, 0.2) is 59.5 Å². The average Bonchev–Trinajstić information content (AvgIpc) is 2.46. The monoisotopic (exact) mass is 300 g/mol. The molecule has 0 aliphatic rings. The molecule has 0 fully saturated rings. The van der Waals surface area contributed by atoms with Crippen molar-refractivity contribution in [1.82, 2.24) is 0 Å². The lowest BCUT2D eigenvalue weighted by molar-refractivity contribution is -0.114. The van der Waals surface area contributed by atoms with Gasteiger partial charge in [-0.1, -0.05) is 30.3 Å². The number of thioether (sulfide) groups is 1. The molecule has 2 rings (SSSR count). The van der Waals surface area contributed by atoms with E-state index >= 15 is 0 Å². The van der Waals surface area contributed by atoms with E-state index in [1.807, 2.05) is 49.4 Å². The van der Waals surface area contributed by atoms with Crippen molar-refractivity contribution in [2.24, 2.45) is 5.73 Å². The fraction of sp³-hybridized carbons (Fsp3) is 0.235. The first kappa shape index (κ1) is 15.6. The van der Waals surface area contributed by atoms with Crippen LogP contribution in [0, 0.1) is 0 Å². The molecule has 0 saturated heterocycles. The highest BCUT2D eigenvalue weighted by molar-refractivity contribution is 7.99. The van der Waals surface area contributed by atoms with Gasteiger partial charge in [0.1, 0.15) is 0 Å². The van der Waals surface area contributed by atoms with Crippen molar-refractivity contribution in [3.8, 4) is 0 Å². The van der Waals surface area contributed by atoms with E-state index in [1.54, 1.807) is 11.8 Å². The third kappa shape index (κ3) is 4.62. The number of nitrogens with one attached hydrogen (secondary N) is 1. The van der Waals surface area contributed by atoms with Crippen molar-refractivity contribution in [3.63, 3.8) is 0 Å². The van der Waals surface area contributed by atoms with Crippen LogP contribution in [-0.4, -0.2) is 11.9 Å². The van der Waals surface area contributed by atoms with E-state index in [-0.39, 0.29) is 17.2 Å². The summed E-state index contributed by atoms with van der Waals surface area (Å²) >= 11 is 1.74. The molecule has 2 aromatic carbocycles. The topological polar surface area (TPSA) is 55.1 Å². The second-order valence-electron chi connectivity index (χ2n) is 5.01. The number of carbonyl (C=O) groups is 1. The molecule has 1 amide bonds. The van der Waals surface area contributed by atoms with E-state index in [9.17, 15) is 4.79 Å². The summed E-state index contributed by atoms with van der Waals surface area (Å²) in [6.45, 7) is 3.53. The number of nitrogens with two attached hydrogens (primary N) is 1. The number of anilines is 1. The Morgan fingerprint density at radius 1 is 1.10 bits per heavy atom. The van der Waals surface area contributed by atoms with Crippen molar-refractivity contribution in [1.29, 1.82) is 0 Å². The summed E-state index contributed by atoms with van der Waals surface area (Å²) in [5.74, 6) is -0.0619. The highest BCUT2D eigenvalue weighted by Crippen LogP contribution is 2.37. The molecular weight excluding hydrogens is 280 g/mol. The molecule has 2 aromatic rings. The van der Waals surface area contributed by atoms with Gasteiger partial charge in [-0.15, -0.1) is 11.8 Å². The Labute approximate surface area is 129 Å². The number of carbonyl (C=O) groups excluding carboxylic acids is 1. The smallest absolute Gasteiger partial charge is 0.221 e. The molecule has 0 spiro atoms. The van der Waals surface area contributed by atoms with Crippen LogP contribution in [0.1, 0.15) is 24.7 Å². The fourth-order valence-corrected chi connectivity index (χ4v) is 3.18. The molecule has 21 heavy (non-hydrogen) atoms. The number of rotatable bonds is 5. The molecule has 4 heteroatoms. The van der Waals surface area contributed by atoms with Gasteiger partial charge in [-0.05, 0) is 36.8 Å². The first-order chi connectivity index (χ1) is 10.1. The lowest BCUT2D eigenvalue weighted by atomic mass is 10.1. The molecule has 0 bridgehead atoms. The van der Waals surface area contributed by atoms with Crippen molar-refractivity contribution in [2.75, 3.05) is 5.32 Å². The molecule has 0 aromatic heterocycles. The number of hydrogen-bond acceptors (Lipinski definition) is 3. The summed E-state index contributed by atoms with van der Waals surface area (Å²) < 4.78 is 0. The molecule has 0 aliphatic carbocycles. The third-order valence-electron chi connectivity index (χ3n) is 3.04. The molecule has 2 atom stereocenters. The maximum atomic E-state index is 11.0. The average molecular weight is 300 g/mol. The maximum Gasteiger partial charge on any atom is 0.221 e. The normalized spacial score (nSPS) is 13.5. The minimum Gasteiger partial charge on any atom is -0.327 e. The summed E-state index contributed by atoms with van der Waals surface area (Å²) in [6.07, 6.45) is 0. The van der Waals surface area contributed by atoms with Gasteiger partial charge < -0.3 is 11.1 Å². The van der Waals surface area contributed by atoms with Crippen molar-refractivity contribution < 1.29 is 4.79 Å². The molecule has 0 radical (unpaired) electrons. The minimum atomic E-state index is -0.0619. The number of amides is 1. The van der Waals surface area contributed by atoms with Crippen LogP contribution in [0.2, 0.25) is 0 Å². The van der Waals surface area contributed by atoms with E-state index in [4.69, 9.17) is 5.73 Å². The third-order valence-corrected chi connectivity index (χ3v) is 4.54. The van der Waals surface area contributed by atoms with Gasteiger partial charge in [0.2, 0.25) is 5.91 Å². The Bertz CT molecular complexity index is 581. The van der Waals surface area contributed by atoms with Crippen LogP contribution in [0.4, 0.5) is 5.69 Å². The van der Waals surface area contributed by atoms with Crippen molar-refractivity contribution >= 4 is 23.4 Å². The predicted molar refractivity (Wildman–Crippen MR) is 89.4 cm³/mol. The zero-order chi connectivity index (χ0) is 15.2. The standard InChI is InChI=1S/C17H20N2OS/c1-12(18)17(14-6-4-3-5-7-14)21-16-10-8-15(9-11-16)19-13(2)20/h3-12,17H,18H2,1-2H3,(H,19,20). The van der Waals surface area contributed by atoms with Crippen molar-refractivity contribution in [3.05, 3.63) is 60.2 Å². The van der Waals surface area contributed by atoms with Gasteiger partial charge in [-0.2, -0.15) is 0 Å². The van der Waals surface area contributed by atoms with Crippen LogP contribution in [0.25, 0.3) is 0 Å². The van der Waals surface area contributed by atoms with Gasteiger partial charge >= 0.3 is 0 Å². The first-order valence-corrected chi connectivity index (χ1v) is 7.79. The largest absolute Gasteiger partial charge is 0.327 e. The second kappa shape index (κ2) is 7.29. The van der Waals surface area contributed by atoms with E-state index in [1.165, 1.54) is 12.5 Å². The molecule has 2 unspecified atom stereocenters. The van der Waals surface area contributed by atoms with Crippen molar-refractivity contribution in [2.45, 2.75) is 30.0 Å². The van der Waals surface area contributed by atoms with Crippen LogP contribution in [0.5, 0.6) is 0 Å². The summed E-state index contributed by atoms with van der Waals surface area (Å²) in [5, 5.41) is 2.97. The van der Waals surface area contributed by atoms with Crippen LogP contribution in [-0.2, 0) is 4.79 Å². The zero-order valence-corrected chi connectivity index (χ0v) is 13.1. The summed E-state index contributed by atoms with van der Waals surface area (Å²) in [5.41, 5.74) is 8.17. The van der Waals surface area contributed by atoms with Gasteiger partial charge in [-0.3, -0.25) is 4.79 Å². The Hall–Kier alpha value is -1.78. The lowest BCUT2D eigenvalue weighted by Gasteiger charge is -2.21. The fourth-order valence-electron chi connectivity index (χ4n) is 2.09. The highest BCUT2D eigenvalue weighted by Gasteiger charge is 2.17. The van der Waals surface area contributed by atoms with E-state index in [0.717, 1.165) is 10.6 Å². The summed E-state index contributed by atoms with van der Waals surface area (Å²) in [7, 11) is 0. The zero-order valence-electron chi connectivity index (χ0n) is 12.2. The highest BCUT2D eigenvalue weighted by atomic mass is 32.2. The van der Waals surface area contributed by atoms with Crippen LogP contribution in [0.3, 0.4) is 0 Å². The SMILES string of the molecule is CC(=O)Nc1ccc(SC(c2ccccc2)C(C)N)cc1. The molecule has 3 N–H and O–H groups in total.